The fourth-order valence-corrected chi connectivity index (χ4v) is 1.71. The third kappa shape index (κ3) is 5.02. The fourth-order valence-electron chi connectivity index (χ4n) is 1.71. The molecule has 4 heteroatoms. The van der Waals surface area contributed by atoms with Gasteiger partial charge in [0.2, 0.25) is 5.88 Å². The molecule has 1 aromatic heterocycles. The summed E-state index contributed by atoms with van der Waals surface area (Å²) >= 11 is 0. The van der Waals surface area contributed by atoms with E-state index in [1.165, 1.54) is 5.56 Å². The number of ether oxygens (including phenoxy) is 2. The molecule has 0 aromatic carbocycles. The molecular weight excluding hydrogens is 228 g/mol. The summed E-state index contributed by atoms with van der Waals surface area (Å²) in [5.74, 6) is 0.657. The number of hydrogen-bond donors (Lipinski definition) is 1. The van der Waals surface area contributed by atoms with Crippen LogP contribution in [0.3, 0.4) is 0 Å². The standard InChI is InChI=1S/C14H24N2O2/c1-5-15-12(4)13-7-8-16-14(9-13)18-11(3)10-17-6-2/h7-9,11-12,15H,5-6,10H2,1-4H3. The number of hydrogen-bond acceptors (Lipinski definition) is 4. The van der Waals surface area contributed by atoms with E-state index in [1.54, 1.807) is 6.20 Å². The lowest BCUT2D eigenvalue weighted by molar-refractivity contribution is 0.0633. The molecule has 1 N–H and O–H groups in total. The van der Waals surface area contributed by atoms with Crippen molar-refractivity contribution < 1.29 is 9.47 Å². The normalized spacial score (nSPS) is 14.2. The molecule has 0 fully saturated rings. The lowest BCUT2D eigenvalue weighted by atomic mass is 10.1. The molecular formula is C14H24N2O2. The highest BCUT2D eigenvalue weighted by molar-refractivity contribution is 5.23. The van der Waals surface area contributed by atoms with Crippen molar-refractivity contribution in [3.63, 3.8) is 0 Å². The van der Waals surface area contributed by atoms with Crippen LogP contribution in [0.4, 0.5) is 0 Å². The van der Waals surface area contributed by atoms with Gasteiger partial charge < -0.3 is 14.8 Å². The van der Waals surface area contributed by atoms with Crippen LogP contribution < -0.4 is 10.1 Å². The van der Waals surface area contributed by atoms with Gasteiger partial charge in [0.1, 0.15) is 6.10 Å². The number of pyridine rings is 1. The van der Waals surface area contributed by atoms with E-state index >= 15 is 0 Å². The van der Waals surface area contributed by atoms with Gasteiger partial charge in [-0.05, 0) is 38.9 Å². The van der Waals surface area contributed by atoms with E-state index in [-0.39, 0.29) is 6.10 Å². The summed E-state index contributed by atoms with van der Waals surface area (Å²) in [4.78, 5) is 4.22. The Bertz CT molecular complexity index is 344. The van der Waals surface area contributed by atoms with Crippen LogP contribution in [0.5, 0.6) is 5.88 Å². The van der Waals surface area contributed by atoms with Crippen LogP contribution in [-0.4, -0.2) is 30.8 Å². The highest BCUT2D eigenvalue weighted by atomic mass is 16.5. The van der Waals surface area contributed by atoms with Crippen LogP contribution >= 0.6 is 0 Å². The molecule has 102 valence electrons. The van der Waals surface area contributed by atoms with Gasteiger partial charge in [-0.3, -0.25) is 0 Å². The summed E-state index contributed by atoms with van der Waals surface area (Å²) < 4.78 is 11.0. The quantitative estimate of drug-likeness (QED) is 0.772. The molecule has 0 saturated heterocycles. The van der Waals surface area contributed by atoms with Crippen molar-refractivity contribution in [2.24, 2.45) is 0 Å². The van der Waals surface area contributed by atoms with Gasteiger partial charge in [-0.25, -0.2) is 4.98 Å². The molecule has 4 nitrogen and oxygen atoms in total. The maximum Gasteiger partial charge on any atom is 0.213 e. The van der Waals surface area contributed by atoms with Crippen LogP contribution in [0.2, 0.25) is 0 Å². The average molecular weight is 252 g/mol. The Balaban J connectivity index is 2.58. The molecule has 1 aromatic rings. The molecule has 0 bridgehead atoms. The minimum atomic E-state index is 0.0159. The molecule has 2 atom stereocenters. The van der Waals surface area contributed by atoms with Gasteiger partial charge in [0, 0.05) is 24.9 Å². The molecule has 0 saturated carbocycles. The van der Waals surface area contributed by atoms with Gasteiger partial charge in [-0.15, -0.1) is 0 Å². The number of rotatable bonds is 8. The predicted molar refractivity (Wildman–Crippen MR) is 72.9 cm³/mol. The van der Waals surface area contributed by atoms with E-state index in [0.717, 1.165) is 6.54 Å². The molecule has 1 heterocycles. The first-order valence-corrected chi connectivity index (χ1v) is 6.61. The predicted octanol–water partition coefficient (Wildman–Crippen LogP) is 2.56. The first-order chi connectivity index (χ1) is 8.67. The van der Waals surface area contributed by atoms with Crippen LogP contribution in [0.25, 0.3) is 0 Å². The molecule has 0 aliphatic rings. The van der Waals surface area contributed by atoms with Gasteiger partial charge >= 0.3 is 0 Å². The second-order valence-electron chi connectivity index (χ2n) is 4.29. The first kappa shape index (κ1) is 14.9. The van der Waals surface area contributed by atoms with Crippen molar-refractivity contribution in [1.29, 1.82) is 0 Å². The summed E-state index contributed by atoms with van der Waals surface area (Å²) in [5, 5.41) is 3.37. The lowest BCUT2D eigenvalue weighted by Gasteiger charge is -2.16. The van der Waals surface area contributed by atoms with Crippen molar-refractivity contribution in [1.82, 2.24) is 10.3 Å². The van der Waals surface area contributed by atoms with Crippen molar-refractivity contribution in [3.8, 4) is 5.88 Å². The topological polar surface area (TPSA) is 43.4 Å². The second kappa shape index (κ2) is 8.06. The maximum absolute atomic E-state index is 5.72. The third-order valence-electron chi connectivity index (χ3n) is 2.65. The average Bonchev–Trinajstić information content (AvgIpc) is 2.37. The van der Waals surface area contributed by atoms with Gasteiger partial charge in [0.15, 0.2) is 0 Å². The number of aromatic nitrogens is 1. The number of nitrogens with one attached hydrogen (secondary N) is 1. The van der Waals surface area contributed by atoms with E-state index in [0.29, 0.717) is 25.1 Å². The van der Waals surface area contributed by atoms with Crippen molar-refractivity contribution in [3.05, 3.63) is 23.9 Å². The molecule has 0 amide bonds. The van der Waals surface area contributed by atoms with E-state index in [4.69, 9.17) is 9.47 Å². The minimum Gasteiger partial charge on any atom is -0.472 e. The summed E-state index contributed by atoms with van der Waals surface area (Å²) in [6.07, 6.45) is 1.80. The summed E-state index contributed by atoms with van der Waals surface area (Å²) in [6, 6.07) is 4.30. The summed E-state index contributed by atoms with van der Waals surface area (Å²) in [6.45, 7) is 10.4. The molecule has 0 spiro atoms. The SMILES string of the molecule is CCNC(C)c1ccnc(OC(C)COCC)c1. The van der Waals surface area contributed by atoms with Crippen molar-refractivity contribution in [2.45, 2.75) is 39.8 Å². The Morgan fingerprint density at radius 3 is 2.78 bits per heavy atom. The minimum absolute atomic E-state index is 0.0159. The largest absolute Gasteiger partial charge is 0.472 e. The van der Waals surface area contributed by atoms with Crippen LogP contribution in [0, 0.1) is 0 Å². The molecule has 2 unspecified atom stereocenters. The van der Waals surface area contributed by atoms with E-state index in [2.05, 4.69) is 24.1 Å². The molecule has 1 rings (SSSR count). The van der Waals surface area contributed by atoms with E-state index in [9.17, 15) is 0 Å². The summed E-state index contributed by atoms with van der Waals surface area (Å²) in [5.41, 5.74) is 1.19. The fraction of sp³-hybridized carbons (Fsp3) is 0.643. The molecule has 0 aliphatic carbocycles. The Hall–Kier alpha value is -1.13. The Labute approximate surface area is 110 Å². The molecule has 0 aliphatic heterocycles. The second-order valence-corrected chi connectivity index (χ2v) is 4.29. The van der Waals surface area contributed by atoms with Gasteiger partial charge in [-0.1, -0.05) is 6.92 Å². The third-order valence-corrected chi connectivity index (χ3v) is 2.65. The number of nitrogens with zero attached hydrogens (tertiary/aromatic N) is 1. The highest BCUT2D eigenvalue weighted by Gasteiger charge is 2.08. The Morgan fingerprint density at radius 2 is 2.11 bits per heavy atom. The van der Waals surface area contributed by atoms with Crippen molar-refractivity contribution in [2.75, 3.05) is 19.8 Å². The lowest BCUT2D eigenvalue weighted by Crippen LogP contribution is -2.20. The van der Waals surface area contributed by atoms with Crippen molar-refractivity contribution >= 4 is 0 Å². The van der Waals surface area contributed by atoms with Gasteiger partial charge in [-0.2, -0.15) is 0 Å². The smallest absolute Gasteiger partial charge is 0.213 e. The van der Waals surface area contributed by atoms with Gasteiger partial charge in [0.05, 0.1) is 6.61 Å². The van der Waals surface area contributed by atoms with Gasteiger partial charge in [0.25, 0.3) is 0 Å². The molecule has 0 radical (unpaired) electrons. The zero-order valence-electron chi connectivity index (χ0n) is 11.8. The van der Waals surface area contributed by atoms with Crippen LogP contribution in [0.15, 0.2) is 18.3 Å². The van der Waals surface area contributed by atoms with Crippen LogP contribution in [0.1, 0.15) is 39.3 Å². The van der Waals surface area contributed by atoms with Crippen LogP contribution in [-0.2, 0) is 4.74 Å². The summed E-state index contributed by atoms with van der Waals surface area (Å²) in [7, 11) is 0. The Morgan fingerprint density at radius 1 is 1.33 bits per heavy atom. The molecule has 18 heavy (non-hydrogen) atoms. The Kier molecular flexibility index (Phi) is 6.68. The van der Waals surface area contributed by atoms with E-state index < -0.39 is 0 Å². The maximum atomic E-state index is 5.72. The zero-order chi connectivity index (χ0) is 13.4. The first-order valence-electron chi connectivity index (χ1n) is 6.61. The zero-order valence-corrected chi connectivity index (χ0v) is 11.8. The highest BCUT2D eigenvalue weighted by Crippen LogP contribution is 2.17. The monoisotopic (exact) mass is 252 g/mol. The van der Waals surface area contributed by atoms with E-state index in [1.807, 2.05) is 26.0 Å².